The van der Waals surface area contributed by atoms with Gasteiger partial charge in [-0.1, -0.05) is 18.2 Å². The molecule has 0 bridgehead atoms. The molecule has 0 saturated heterocycles. The molecule has 0 fully saturated rings. The number of para-hydroxylation sites is 1. The van der Waals surface area contributed by atoms with Crippen LogP contribution in [0.1, 0.15) is 5.56 Å². The summed E-state index contributed by atoms with van der Waals surface area (Å²) in [6.45, 7) is 0.605. The van der Waals surface area contributed by atoms with Gasteiger partial charge in [0.15, 0.2) is 0 Å². The van der Waals surface area contributed by atoms with E-state index in [1.807, 2.05) is 24.3 Å². The Morgan fingerprint density at radius 2 is 1.71 bits per heavy atom. The number of aromatic nitrogens is 1. The van der Waals surface area contributed by atoms with Crippen LogP contribution in [0.4, 0.5) is 0 Å². The standard InChI is InChI=1S/C10H12N2O.C4H4O4/c11-6-5-8-7-12(13)10-4-2-1-3-9(8)10;5-3(6)1-2-4(7)8/h1-4,7,13H,5-6,11H2;1-2H,(H,5,6)(H,7,8). The molecule has 0 spiro atoms. The van der Waals surface area contributed by atoms with Crippen LogP contribution in [0, 0.1) is 0 Å². The third kappa shape index (κ3) is 5.00. The second kappa shape index (κ2) is 7.71. The molecule has 21 heavy (non-hydrogen) atoms. The van der Waals surface area contributed by atoms with E-state index in [4.69, 9.17) is 15.9 Å². The average molecular weight is 292 g/mol. The summed E-state index contributed by atoms with van der Waals surface area (Å²) in [5, 5.41) is 26.2. The van der Waals surface area contributed by atoms with Crippen LogP contribution < -0.4 is 5.73 Å². The van der Waals surface area contributed by atoms with E-state index in [-0.39, 0.29) is 0 Å². The lowest BCUT2D eigenvalue weighted by molar-refractivity contribution is -0.134. The van der Waals surface area contributed by atoms with Gasteiger partial charge in [-0.2, -0.15) is 4.73 Å². The Morgan fingerprint density at radius 1 is 1.14 bits per heavy atom. The predicted octanol–water partition coefficient (Wildman–Crippen LogP) is 1.09. The van der Waals surface area contributed by atoms with Gasteiger partial charge >= 0.3 is 11.9 Å². The number of carboxylic acid groups (broad SMARTS) is 2. The van der Waals surface area contributed by atoms with Crippen molar-refractivity contribution in [2.24, 2.45) is 5.73 Å². The highest BCUT2D eigenvalue weighted by molar-refractivity contribution is 5.89. The average Bonchev–Trinajstić information content (AvgIpc) is 2.75. The van der Waals surface area contributed by atoms with Crippen molar-refractivity contribution in [3.8, 4) is 0 Å². The third-order valence-electron chi connectivity index (χ3n) is 2.56. The molecule has 1 heterocycles. The SMILES string of the molecule is NCCc1cn(O)c2ccccc12.O=C(O)C=CC(=O)O. The van der Waals surface area contributed by atoms with Gasteiger partial charge in [0.2, 0.25) is 0 Å². The van der Waals surface area contributed by atoms with Crippen LogP contribution in [0.25, 0.3) is 10.9 Å². The summed E-state index contributed by atoms with van der Waals surface area (Å²) in [5.74, 6) is -2.51. The van der Waals surface area contributed by atoms with Crippen LogP contribution >= 0.6 is 0 Å². The first-order chi connectivity index (χ1) is 9.95. The molecule has 2 rings (SSSR count). The van der Waals surface area contributed by atoms with Gasteiger partial charge in [0.05, 0.1) is 5.52 Å². The molecule has 1 aromatic carbocycles. The first-order valence-electron chi connectivity index (χ1n) is 6.08. The Hall–Kier alpha value is -2.80. The smallest absolute Gasteiger partial charge is 0.328 e. The molecule has 0 atom stereocenters. The summed E-state index contributed by atoms with van der Waals surface area (Å²) >= 11 is 0. The number of nitrogens with zero attached hydrogens (tertiary/aromatic N) is 1. The minimum absolute atomic E-state index is 0.558. The maximum absolute atomic E-state index is 9.55. The molecular formula is C14H16N2O5. The Bertz CT molecular complexity index is 644. The number of nitrogens with two attached hydrogens (primary N) is 1. The summed E-state index contributed by atoms with van der Waals surface area (Å²) < 4.78 is 1.15. The maximum atomic E-state index is 9.55. The molecule has 0 aliphatic heterocycles. The monoisotopic (exact) mass is 292 g/mol. The van der Waals surface area contributed by atoms with Gasteiger partial charge in [0, 0.05) is 23.7 Å². The summed E-state index contributed by atoms with van der Waals surface area (Å²) in [6, 6.07) is 7.74. The van der Waals surface area contributed by atoms with Crippen molar-refractivity contribution < 1.29 is 25.0 Å². The predicted molar refractivity (Wildman–Crippen MR) is 76.3 cm³/mol. The molecule has 2 aromatic rings. The number of carbonyl (C=O) groups is 2. The summed E-state index contributed by atoms with van der Waals surface area (Å²) in [7, 11) is 0. The largest absolute Gasteiger partial charge is 0.478 e. The summed E-state index contributed by atoms with van der Waals surface area (Å²) in [5.41, 5.74) is 7.41. The zero-order chi connectivity index (χ0) is 15.8. The van der Waals surface area contributed by atoms with E-state index in [2.05, 4.69) is 0 Å². The molecule has 0 radical (unpaired) electrons. The number of hydrogen-bond donors (Lipinski definition) is 4. The fourth-order valence-corrected chi connectivity index (χ4v) is 1.73. The number of rotatable bonds is 4. The van der Waals surface area contributed by atoms with Gasteiger partial charge in [-0.3, -0.25) is 0 Å². The van der Waals surface area contributed by atoms with Gasteiger partial charge in [-0.05, 0) is 24.6 Å². The number of carboxylic acids is 2. The molecular weight excluding hydrogens is 276 g/mol. The second-order valence-electron chi connectivity index (χ2n) is 4.06. The van der Waals surface area contributed by atoms with Crippen molar-refractivity contribution in [2.45, 2.75) is 6.42 Å². The number of fused-ring (bicyclic) bond motifs is 1. The van der Waals surface area contributed by atoms with Gasteiger partial charge < -0.3 is 21.2 Å². The number of aliphatic carboxylic acids is 2. The third-order valence-corrected chi connectivity index (χ3v) is 2.56. The van der Waals surface area contributed by atoms with E-state index >= 15 is 0 Å². The highest BCUT2D eigenvalue weighted by atomic mass is 16.5. The van der Waals surface area contributed by atoms with Gasteiger partial charge in [-0.25, -0.2) is 9.59 Å². The molecule has 7 heteroatoms. The zero-order valence-electron chi connectivity index (χ0n) is 11.1. The lowest BCUT2D eigenvalue weighted by atomic mass is 10.1. The lowest BCUT2D eigenvalue weighted by Gasteiger charge is -1.93. The minimum atomic E-state index is -1.26. The van der Waals surface area contributed by atoms with E-state index in [1.165, 1.54) is 0 Å². The Morgan fingerprint density at radius 3 is 2.24 bits per heavy atom. The van der Waals surface area contributed by atoms with Crippen LogP contribution in [-0.4, -0.2) is 38.6 Å². The van der Waals surface area contributed by atoms with E-state index in [9.17, 15) is 14.8 Å². The Labute approximate surface area is 120 Å². The van der Waals surface area contributed by atoms with Crippen molar-refractivity contribution in [1.82, 2.24) is 4.73 Å². The van der Waals surface area contributed by atoms with E-state index < -0.39 is 11.9 Å². The minimum Gasteiger partial charge on any atom is -0.478 e. The van der Waals surface area contributed by atoms with Gasteiger partial charge in [0.25, 0.3) is 0 Å². The van der Waals surface area contributed by atoms with Crippen molar-refractivity contribution in [3.05, 3.63) is 48.2 Å². The fraction of sp³-hybridized carbons (Fsp3) is 0.143. The highest BCUT2D eigenvalue weighted by Crippen LogP contribution is 2.19. The molecule has 1 aromatic heterocycles. The van der Waals surface area contributed by atoms with E-state index in [0.29, 0.717) is 18.7 Å². The van der Waals surface area contributed by atoms with Crippen LogP contribution in [0.3, 0.4) is 0 Å². The van der Waals surface area contributed by atoms with Crippen molar-refractivity contribution in [1.29, 1.82) is 0 Å². The van der Waals surface area contributed by atoms with Crippen molar-refractivity contribution >= 4 is 22.8 Å². The number of benzene rings is 1. The first-order valence-corrected chi connectivity index (χ1v) is 6.08. The van der Waals surface area contributed by atoms with Crippen LogP contribution in [0.5, 0.6) is 0 Å². The lowest BCUT2D eigenvalue weighted by Crippen LogP contribution is -2.01. The first kappa shape index (κ1) is 16.3. The maximum Gasteiger partial charge on any atom is 0.328 e. The molecule has 0 unspecified atom stereocenters. The van der Waals surface area contributed by atoms with Crippen molar-refractivity contribution in [2.75, 3.05) is 6.54 Å². The molecule has 5 N–H and O–H groups in total. The molecule has 0 aliphatic rings. The molecule has 112 valence electrons. The molecule has 0 saturated carbocycles. The van der Waals surface area contributed by atoms with Crippen molar-refractivity contribution in [3.63, 3.8) is 0 Å². The molecule has 0 aliphatic carbocycles. The fourth-order valence-electron chi connectivity index (χ4n) is 1.73. The van der Waals surface area contributed by atoms with Gasteiger partial charge in [0.1, 0.15) is 0 Å². The van der Waals surface area contributed by atoms with Crippen LogP contribution in [0.2, 0.25) is 0 Å². The van der Waals surface area contributed by atoms with Gasteiger partial charge in [-0.15, -0.1) is 0 Å². The van der Waals surface area contributed by atoms with E-state index in [0.717, 1.165) is 27.6 Å². The van der Waals surface area contributed by atoms with E-state index in [1.54, 1.807) is 6.20 Å². The molecule has 0 amide bonds. The quantitative estimate of drug-likeness (QED) is 0.493. The topological polar surface area (TPSA) is 126 Å². The molecule has 7 nitrogen and oxygen atoms in total. The second-order valence-corrected chi connectivity index (χ2v) is 4.06. The Balaban J connectivity index is 0.000000240. The normalized spacial score (nSPS) is 10.3. The summed E-state index contributed by atoms with van der Waals surface area (Å²) in [4.78, 5) is 19.1. The number of hydrogen-bond acceptors (Lipinski definition) is 4. The Kier molecular flexibility index (Phi) is 5.97. The zero-order valence-corrected chi connectivity index (χ0v) is 11.1. The summed E-state index contributed by atoms with van der Waals surface area (Å²) in [6.07, 6.45) is 3.64. The van der Waals surface area contributed by atoms with Crippen LogP contribution in [0.15, 0.2) is 42.6 Å². The van der Waals surface area contributed by atoms with Crippen LogP contribution in [-0.2, 0) is 16.0 Å². The highest BCUT2D eigenvalue weighted by Gasteiger charge is 2.05.